The summed E-state index contributed by atoms with van der Waals surface area (Å²) in [6.07, 6.45) is 0.447. The molecule has 2 rings (SSSR count). The smallest absolute Gasteiger partial charge is 0.408 e. The third kappa shape index (κ3) is 1.48. The van der Waals surface area contributed by atoms with E-state index in [2.05, 4.69) is 0 Å². The van der Waals surface area contributed by atoms with Gasteiger partial charge in [0, 0.05) is 19.0 Å². The molecule has 1 aromatic carbocycles. The van der Waals surface area contributed by atoms with Gasteiger partial charge >= 0.3 is 5.76 Å². The first-order valence-electron chi connectivity index (χ1n) is 4.76. The Morgan fingerprint density at radius 3 is 2.87 bits per heavy atom. The number of nitrogens with zero attached hydrogens (tertiary/aromatic N) is 1. The van der Waals surface area contributed by atoms with Crippen LogP contribution in [0.4, 0.5) is 0 Å². The third-order valence-corrected chi connectivity index (χ3v) is 2.44. The predicted molar refractivity (Wildman–Crippen MR) is 56.1 cm³/mol. The summed E-state index contributed by atoms with van der Waals surface area (Å²) in [5.74, 6) is -0.366. The van der Waals surface area contributed by atoms with Crippen molar-refractivity contribution in [2.45, 2.75) is 13.3 Å². The SMILES string of the molecule is CCC(=O)c1ccc2c(c1)oc(=O)n2C. The number of oxazole rings is 1. The number of rotatable bonds is 2. The van der Waals surface area contributed by atoms with E-state index in [0.29, 0.717) is 23.1 Å². The molecule has 0 spiro atoms. The molecule has 0 fully saturated rings. The van der Waals surface area contributed by atoms with E-state index in [-0.39, 0.29) is 5.78 Å². The highest BCUT2D eigenvalue weighted by atomic mass is 16.4. The first-order valence-corrected chi connectivity index (χ1v) is 4.76. The summed E-state index contributed by atoms with van der Waals surface area (Å²) in [6, 6.07) is 5.05. The van der Waals surface area contributed by atoms with Crippen molar-refractivity contribution in [2.24, 2.45) is 7.05 Å². The normalized spacial score (nSPS) is 10.8. The number of fused-ring (bicyclic) bond motifs is 1. The van der Waals surface area contributed by atoms with Gasteiger partial charge in [-0.05, 0) is 18.2 Å². The number of aromatic nitrogens is 1. The Hall–Kier alpha value is -1.84. The molecular formula is C11H11NO3. The Morgan fingerprint density at radius 2 is 2.20 bits per heavy atom. The Balaban J connectivity index is 2.67. The van der Waals surface area contributed by atoms with Gasteiger partial charge in [-0.15, -0.1) is 0 Å². The lowest BCUT2D eigenvalue weighted by Crippen LogP contribution is -2.08. The van der Waals surface area contributed by atoms with Gasteiger partial charge in [0.1, 0.15) is 0 Å². The van der Waals surface area contributed by atoms with Gasteiger partial charge in [-0.2, -0.15) is 0 Å². The Morgan fingerprint density at radius 1 is 1.47 bits per heavy atom. The number of aryl methyl sites for hydroxylation is 1. The summed E-state index contributed by atoms with van der Waals surface area (Å²) >= 11 is 0. The molecule has 1 aromatic heterocycles. The van der Waals surface area contributed by atoms with E-state index in [9.17, 15) is 9.59 Å². The highest BCUT2D eigenvalue weighted by Crippen LogP contribution is 2.15. The van der Waals surface area contributed by atoms with Gasteiger partial charge in [0.25, 0.3) is 0 Å². The van der Waals surface area contributed by atoms with Crippen LogP contribution in [0.15, 0.2) is 27.4 Å². The molecule has 0 atom stereocenters. The van der Waals surface area contributed by atoms with Crippen LogP contribution < -0.4 is 5.76 Å². The Labute approximate surface area is 86.1 Å². The maximum Gasteiger partial charge on any atom is 0.419 e. The second kappa shape index (κ2) is 3.38. The van der Waals surface area contributed by atoms with Crippen LogP contribution in [0.25, 0.3) is 11.1 Å². The van der Waals surface area contributed by atoms with E-state index >= 15 is 0 Å². The van der Waals surface area contributed by atoms with E-state index in [0.717, 1.165) is 0 Å². The van der Waals surface area contributed by atoms with E-state index in [1.165, 1.54) is 4.57 Å². The molecule has 0 saturated carbocycles. The monoisotopic (exact) mass is 205 g/mol. The van der Waals surface area contributed by atoms with Crippen LogP contribution in [0.3, 0.4) is 0 Å². The topological polar surface area (TPSA) is 52.2 Å². The van der Waals surface area contributed by atoms with Crippen molar-refractivity contribution in [1.29, 1.82) is 0 Å². The van der Waals surface area contributed by atoms with Gasteiger partial charge in [0.15, 0.2) is 11.4 Å². The summed E-state index contributed by atoms with van der Waals surface area (Å²) < 4.78 is 6.40. The molecule has 0 aliphatic carbocycles. The first kappa shape index (κ1) is 9.71. The molecule has 0 aliphatic rings. The zero-order valence-electron chi connectivity index (χ0n) is 8.61. The van der Waals surface area contributed by atoms with Gasteiger partial charge in [-0.3, -0.25) is 9.36 Å². The number of carbonyl (C=O) groups is 1. The molecule has 1 heterocycles. The van der Waals surface area contributed by atoms with Gasteiger partial charge in [0.05, 0.1) is 5.52 Å². The zero-order valence-corrected chi connectivity index (χ0v) is 8.61. The van der Waals surface area contributed by atoms with Crippen LogP contribution in [0.1, 0.15) is 23.7 Å². The Bertz CT molecular complexity index is 577. The maximum absolute atomic E-state index is 11.4. The van der Waals surface area contributed by atoms with Crippen LogP contribution >= 0.6 is 0 Å². The summed E-state index contributed by atoms with van der Waals surface area (Å²) in [6.45, 7) is 1.80. The van der Waals surface area contributed by atoms with E-state index < -0.39 is 5.76 Å². The maximum atomic E-state index is 11.4. The predicted octanol–water partition coefficient (Wildman–Crippen LogP) is 1.72. The highest BCUT2D eigenvalue weighted by molar-refractivity contribution is 5.98. The minimum atomic E-state index is -0.411. The molecular weight excluding hydrogens is 194 g/mol. The molecule has 0 amide bonds. The Kier molecular flexibility index (Phi) is 2.19. The average Bonchev–Trinajstić information content (AvgIpc) is 2.53. The van der Waals surface area contributed by atoms with Crippen molar-refractivity contribution in [1.82, 2.24) is 4.57 Å². The number of ketones is 1. The number of hydrogen-bond acceptors (Lipinski definition) is 3. The van der Waals surface area contributed by atoms with Gasteiger partial charge in [-0.1, -0.05) is 6.92 Å². The van der Waals surface area contributed by atoms with Crippen molar-refractivity contribution in [3.05, 3.63) is 34.3 Å². The molecule has 2 aromatic rings. The van der Waals surface area contributed by atoms with Crippen molar-refractivity contribution < 1.29 is 9.21 Å². The van der Waals surface area contributed by atoms with Crippen molar-refractivity contribution >= 4 is 16.9 Å². The van der Waals surface area contributed by atoms with E-state index in [1.807, 2.05) is 0 Å². The lowest BCUT2D eigenvalue weighted by molar-refractivity contribution is 0.0988. The fourth-order valence-corrected chi connectivity index (χ4v) is 1.51. The summed E-state index contributed by atoms with van der Waals surface area (Å²) in [4.78, 5) is 22.6. The first-order chi connectivity index (χ1) is 7.13. The number of carbonyl (C=O) groups excluding carboxylic acids is 1. The molecule has 4 heteroatoms. The molecule has 0 aliphatic heterocycles. The molecule has 4 nitrogen and oxygen atoms in total. The minimum absolute atomic E-state index is 0.0448. The van der Waals surface area contributed by atoms with Crippen LogP contribution in [-0.4, -0.2) is 10.4 Å². The van der Waals surface area contributed by atoms with Crippen molar-refractivity contribution in [3.8, 4) is 0 Å². The van der Waals surface area contributed by atoms with Crippen LogP contribution in [-0.2, 0) is 7.05 Å². The summed E-state index contributed by atoms with van der Waals surface area (Å²) in [7, 11) is 1.63. The molecule has 0 saturated heterocycles. The van der Waals surface area contributed by atoms with Crippen molar-refractivity contribution in [2.75, 3.05) is 0 Å². The highest BCUT2D eigenvalue weighted by Gasteiger charge is 2.09. The molecule has 15 heavy (non-hydrogen) atoms. The number of Topliss-reactive ketones (excluding diaryl/α,β-unsaturated/α-hetero) is 1. The molecule has 0 N–H and O–H groups in total. The van der Waals surface area contributed by atoms with E-state index in [1.54, 1.807) is 32.2 Å². The average molecular weight is 205 g/mol. The summed E-state index contributed by atoms with van der Waals surface area (Å²) in [5, 5.41) is 0. The van der Waals surface area contributed by atoms with Gasteiger partial charge < -0.3 is 4.42 Å². The molecule has 0 unspecified atom stereocenters. The largest absolute Gasteiger partial charge is 0.419 e. The third-order valence-electron chi connectivity index (χ3n) is 2.44. The number of hydrogen-bond donors (Lipinski definition) is 0. The summed E-state index contributed by atoms with van der Waals surface area (Å²) in [5.41, 5.74) is 1.74. The molecule has 0 radical (unpaired) electrons. The number of benzene rings is 1. The second-order valence-electron chi connectivity index (χ2n) is 3.39. The van der Waals surface area contributed by atoms with Gasteiger partial charge in [0.2, 0.25) is 0 Å². The lowest BCUT2D eigenvalue weighted by Gasteiger charge is -1.97. The quantitative estimate of drug-likeness (QED) is 0.701. The van der Waals surface area contributed by atoms with Crippen LogP contribution in [0.5, 0.6) is 0 Å². The molecule has 78 valence electrons. The van der Waals surface area contributed by atoms with Crippen LogP contribution in [0, 0.1) is 0 Å². The minimum Gasteiger partial charge on any atom is -0.408 e. The zero-order chi connectivity index (χ0) is 11.0. The second-order valence-corrected chi connectivity index (χ2v) is 3.39. The lowest BCUT2D eigenvalue weighted by atomic mass is 10.1. The molecule has 0 bridgehead atoms. The standard InChI is InChI=1S/C11H11NO3/c1-3-9(13)7-4-5-8-10(6-7)15-11(14)12(8)2/h4-6H,3H2,1-2H3. The fourth-order valence-electron chi connectivity index (χ4n) is 1.51. The fraction of sp³-hybridized carbons (Fsp3) is 0.273. The van der Waals surface area contributed by atoms with Gasteiger partial charge in [-0.25, -0.2) is 4.79 Å². The van der Waals surface area contributed by atoms with Crippen molar-refractivity contribution in [3.63, 3.8) is 0 Å². The van der Waals surface area contributed by atoms with Crippen LogP contribution in [0.2, 0.25) is 0 Å². The van der Waals surface area contributed by atoms with E-state index in [4.69, 9.17) is 4.42 Å².